The Hall–Kier alpha value is -0.0800. The summed E-state index contributed by atoms with van der Waals surface area (Å²) >= 11 is 0. The van der Waals surface area contributed by atoms with Gasteiger partial charge in [0.25, 0.3) is 0 Å². The predicted octanol–water partition coefficient (Wildman–Crippen LogP) is 4.28. The minimum atomic E-state index is 0.473. The van der Waals surface area contributed by atoms with E-state index in [-0.39, 0.29) is 0 Å². The molecule has 2 heteroatoms. The fourth-order valence-electron chi connectivity index (χ4n) is 2.80. The van der Waals surface area contributed by atoms with E-state index in [0.29, 0.717) is 12.1 Å². The van der Waals surface area contributed by atoms with Gasteiger partial charge in [0.2, 0.25) is 0 Å². The van der Waals surface area contributed by atoms with Crippen molar-refractivity contribution in [1.29, 1.82) is 0 Å². The van der Waals surface area contributed by atoms with Crippen LogP contribution in [0.4, 0.5) is 0 Å². The van der Waals surface area contributed by atoms with Crippen molar-refractivity contribution in [3.63, 3.8) is 0 Å². The largest absolute Gasteiger partial charge is 0.377 e. The molecule has 0 bridgehead atoms. The van der Waals surface area contributed by atoms with Crippen molar-refractivity contribution in [2.24, 2.45) is 0 Å². The molecule has 1 saturated carbocycles. The molecule has 1 N–H and O–H groups in total. The number of nitrogens with one attached hydrogen (secondary N) is 1. The van der Waals surface area contributed by atoms with Crippen molar-refractivity contribution in [3.05, 3.63) is 0 Å². The highest BCUT2D eigenvalue weighted by molar-refractivity contribution is 4.80. The third kappa shape index (κ3) is 6.75. The van der Waals surface area contributed by atoms with Gasteiger partial charge in [-0.2, -0.15) is 0 Å². The summed E-state index contributed by atoms with van der Waals surface area (Å²) in [5.41, 5.74) is 0. The van der Waals surface area contributed by atoms with E-state index in [2.05, 4.69) is 19.2 Å². The van der Waals surface area contributed by atoms with Crippen LogP contribution >= 0.6 is 0 Å². The zero-order chi connectivity index (χ0) is 13.1. The van der Waals surface area contributed by atoms with Crippen LogP contribution in [-0.4, -0.2) is 25.3 Å². The van der Waals surface area contributed by atoms with Crippen LogP contribution < -0.4 is 5.32 Å². The molecule has 2 unspecified atom stereocenters. The van der Waals surface area contributed by atoms with Gasteiger partial charge < -0.3 is 10.1 Å². The summed E-state index contributed by atoms with van der Waals surface area (Å²) in [4.78, 5) is 0. The Morgan fingerprint density at radius 2 is 1.78 bits per heavy atom. The third-order valence-corrected chi connectivity index (χ3v) is 3.94. The second kappa shape index (κ2) is 10.8. The van der Waals surface area contributed by atoms with Crippen LogP contribution in [0.25, 0.3) is 0 Å². The normalized spacial score (nSPS) is 25.0. The van der Waals surface area contributed by atoms with Gasteiger partial charge in [0.1, 0.15) is 0 Å². The molecule has 2 atom stereocenters. The molecular formula is C16H33NO. The van der Waals surface area contributed by atoms with E-state index in [1.165, 1.54) is 64.2 Å². The summed E-state index contributed by atoms with van der Waals surface area (Å²) < 4.78 is 6.16. The highest BCUT2D eigenvalue weighted by Gasteiger charge is 2.23. The molecule has 0 spiro atoms. The molecular weight excluding hydrogens is 222 g/mol. The first kappa shape index (κ1) is 16.0. The number of ether oxygens (including phenoxy) is 1. The molecule has 0 aromatic carbocycles. The second-order valence-electron chi connectivity index (χ2n) is 5.67. The Kier molecular flexibility index (Phi) is 9.59. The molecule has 0 aromatic rings. The Bertz CT molecular complexity index is 184. The minimum absolute atomic E-state index is 0.473. The van der Waals surface area contributed by atoms with Crippen LogP contribution in [0.3, 0.4) is 0 Å². The van der Waals surface area contributed by atoms with Crippen molar-refractivity contribution < 1.29 is 4.74 Å². The van der Waals surface area contributed by atoms with Gasteiger partial charge in [-0.1, -0.05) is 52.4 Å². The first-order valence-corrected chi connectivity index (χ1v) is 8.23. The standard InChI is InChI=1S/C16H33NO/c1-3-5-6-10-14-18-16-12-9-7-8-11-15(16)17-13-4-2/h15-17H,3-14H2,1-2H3. The van der Waals surface area contributed by atoms with Crippen LogP contribution in [0, 0.1) is 0 Å². The number of hydrogen-bond donors (Lipinski definition) is 1. The van der Waals surface area contributed by atoms with E-state index in [9.17, 15) is 0 Å². The highest BCUT2D eigenvalue weighted by atomic mass is 16.5. The Labute approximate surface area is 114 Å². The van der Waals surface area contributed by atoms with E-state index in [0.717, 1.165) is 13.2 Å². The zero-order valence-electron chi connectivity index (χ0n) is 12.5. The third-order valence-electron chi connectivity index (χ3n) is 3.94. The highest BCUT2D eigenvalue weighted by Crippen LogP contribution is 2.21. The maximum absolute atomic E-state index is 6.16. The first-order valence-electron chi connectivity index (χ1n) is 8.23. The number of unbranched alkanes of at least 4 members (excludes halogenated alkanes) is 3. The smallest absolute Gasteiger partial charge is 0.0728 e. The van der Waals surface area contributed by atoms with Crippen LogP contribution in [0.5, 0.6) is 0 Å². The van der Waals surface area contributed by atoms with Gasteiger partial charge in [0.05, 0.1) is 6.10 Å². The summed E-state index contributed by atoms with van der Waals surface area (Å²) in [7, 11) is 0. The summed E-state index contributed by atoms with van der Waals surface area (Å²) in [6, 6.07) is 0.610. The van der Waals surface area contributed by atoms with Crippen LogP contribution in [-0.2, 0) is 4.74 Å². The molecule has 18 heavy (non-hydrogen) atoms. The predicted molar refractivity (Wildman–Crippen MR) is 79.0 cm³/mol. The molecule has 1 fully saturated rings. The molecule has 1 aliphatic carbocycles. The lowest BCUT2D eigenvalue weighted by atomic mass is 10.1. The van der Waals surface area contributed by atoms with Crippen LogP contribution in [0.1, 0.15) is 78.1 Å². The van der Waals surface area contributed by atoms with Crippen molar-refractivity contribution in [2.45, 2.75) is 90.2 Å². The topological polar surface area (TPSA) is 21.3 Å². The minimum Gasteiger partial charge on any atom is -0.377 e. The van der Waals surface area contributed by atoms with E-state index < -0.39 is 0 Å². The van der Waals surface area contributed by atoms with Crippen molar-refractivity contribution in [1.82, 2.24) is 5.32 Å². The molecule has 0 amide bonds. The Morgan fingerprint density at radius 1 is 0.944 bits per heavy atom. The number of hydrogen-bond acceptors (Lipinski definition) is 2. The second-order valence-corrected chi connectivity index (χ2v) is 5.67. The van der Waals surface area contributed by atoms with Crippen molar-refractivity contribution in [3.8, 4) is 0 Å². The van der Waals surface area contributed by atoms with Gasteiger partial charge in [-0.05, 0) is 32.2 Å². The van der Waals surface area contributed by atoms with Gasteiger partial charge >= 0.3 is 0 Å². The molecule has 1 rings (SSSR count). The molecule has 108 valence electrons. The SMILES string of the molecule is CCCCCCOC1CCCCCC1NCCC. The van der Waals surface area contributed by atoms with Crippen molar-refractivity contribution in [2.75, 3.05) is 13.2 Å². The summed E-state index contributed by atoms with van der Waals surface area (Å²) in [5.74, 6) is 0. The quantitative estimate of drug-likeness (QED) is 0.490. The van der Waals surface area contributed by atoms with E-state index in [4.69, 9.17) is 4.74 Å². The summed E-state index contributed by atoms with van der Waals surface area (Å²) in [5, 5.41) is 3.69. The Morgan fingerprint density at radius 3 is 2.56 bits per heavy atom. The monoisotopic (exact) mass is 255 g/mol. The van der Waals surface area contributed by atoms with Gasteiger partial charge in [0.15, 0.2) is 0 Å². The first-order chi connectivity index (χ1) is 8.88. The maximum Gasteiger partial charge on any atom is 0.0728 e. The fraction of sp³-hybridized carbons (Fsp3) is 1.00. The zero-order valence-corrected chi connectivity index (χ0v) is 12.5. The average Bonchev–Trinajstić information content (AvgIpc) is 2.61. The molecule has 0 radical (unpaired) electrons. The van der Waals surface area contributed by atoms with Gasteiger partial charge in [-0.25, -0.2) is 0 Å². The lowest BCUT2D eigenvalue weighted by Crippen LogP contribution is -2.41. The van der Waals surface area contributed by atoms with E-state index in [1.807, 2.05) is 0 Å². The van der Waals surface area contributed by atoms with Gasteiger partial charge in [0, 0.05) is 12.6 Å². The lowest BCUT2D eigenvalue weighted by Gasteiger charge is -2.26. The molecule has 0 heterocycles. The summed E-state index contributed by atoms with van der Waals surface area (Å²) in [6.45, 7) is 6.61. The molecule has 0 saturated heterocycles. The van der Waals surface area contributed by atoms with Crippen LogP contribution in [0.15, 0.2) is 0 Å². The van der Waals surface area contributed by atoms with E-state index in [1.54, 1.807) is 0 Å². The lowest BCUT2D eigenvalue weighted by molar-refractivity contribution is 0.0201. The maximum atomic E-state index is 6.16. The molecule has 0 aliphatic heterocycles. The molecule has 1 aliphatic rings. The molecule has 0 aromatic heterocycles. The van der Waals surface area contributed by atoms with Gasteiger partial charge in [-0.3, -0.25) is 0 Å². The van der Waals surface area contributed by atoms with E-state index >= 15 is 0 Å². The fourth-order valence-corrected chi connectivity index (χ4v) is 2.80. The summed E-state index contributed by atoms with van der Waals surface area (Å²) in [6.07, 6.45) is 13.6. The molecule has 2 nitrogen and oxygen atoms in total. The average molecular weight is 255 g/mol. The van der Waals surface area contributed by atoms with Crippen LogP contribution in [0.2, 0.25) is 0 Å². The van der Waals surface area contributed by atoms with Gasteiger partial charge in [-0.15, -0.1) is 0 Å². The van der Waals surface area contributed by atoms with Crippen molar-refractivity contribution >= 4 is 0 Å². The Balaban J connectivity index is 2.23. The number of rotatable bonds is 9.